The highest BCUT2D eigenvalue weighted by atomic mass is 32.2. The second-order valence-electron chi connectivity index (χ2n) is 21.3. The number of nitrogens with zero attached hydrogens (tertiary/aromatic N) is 2. The van der Waals surface area contributed by atoms with Crippen molar-refractivity contribution < 1.29 is 63.4 Å². The number of hydrogen-bond acceptors (Lipinski definition) is 15. The van der Waals surface area contributed by atoms with Gasteiger partial charge in [-0.3, -0.25) is 14.2 Å². The molecule has 0 aromatic heterocycles. The molecule has 2 aromatic rings. The van der Waals surface area contributed by atoms with Crippen molar-refractivity contribution in [1.82, 2.24) is 9.30 Å². The first-order valence-electron chi connectivity index (χ1n) is 31.1. The van der Waals surface area contributed by atoms with E-state index in [1.54, 1.807) is 12.1 Å². The van der Waals surface area contributed by atoms with Crippen LogP contribution in [0, 0.1) is 0 Å². The number of benzene rings is 3. The van der Waals surface area contributed by atoms with Gasteiger partial charge in [0.25, 0.3) is 7.82 Å². The third-order valence-electron chi connectivity index (χ3n) is 14.8. The quantitative estimate of drug-likeness (QED) is 0.00824. The molecule has 0 spiro atoms. The summed E-state index contributed by atoms with van der Waals surface area (Å²) in [6.45, 7) is 12.8. The van der Waals surface area contributed by atoms with Gasteiger partial charge < -0.3 is 37.3 Å². The molecule has 1 aliphatic carbocycles. The van der Waals surface area contributed by atoms with Crippen LogP contribution in [-0.2, 0) is 52.8 Å². The lowest BCUT2D eigenvalue weighted by molar-refractivity contribution is -0.228. The zero-order valence-electron chi connectivity index (χ0n) is 51.1. The zero-order valence-corrected chi connectivity index (χ0v) is 53.6. The molecule has 470 valence electrons. The van der Waals surface area contributed by atoms with Crippen molar-refractivity contribution >= 4 is 56.6 Å². The van der Waals surface area contributed by atoms with E-state index >= 15 is 0 Å². The van der Waals surface area contributed by atoms with Crippen LogP contribution in [0.15, 0.2) is 93.1 Å². The molecule has 17 nitrogen and oxygen atoms in total. The van der Waals surface area contributed by atoms with Gasteiger partial charge in [-0.2, -0.15) is 0 Å². The zero-order chi connectivity index (χ0) is 61.2. The van der Waals surface area contributed by atoms with Crippen LogP contribution >= 0.6 is 7.82 Å². The van der Waals surface area contributed by atoms with Crippen LogP contribution in [0.2, 0.25) is 0 Å². The second kappa shape index (κ2) is 39.1. The van der Waals surface area contributed by atoms with Crippen LogP contribution in [0.5, 0.6) is 0 Å². The predicted octanol–water partition coefficient (Wildman–Crippen LogP) is 13.5. The lowest BCUT2D eigenvalue weighted by atomic mass is 9.93. The van der Waals surface area contributed by atoms with Crippen molar-refractivity contribution in [2.75, 3.05) is 57.4 Å². The number of carbonyl (C=O) groups excluding carboxylic acids is 2. The van der Waals surface area contributed by atoms with Crippen LogP contribution in [0.25, 0.3) is 33.4 Å². The molecule has 0 radical (unpaired) electrons. The number of fused-ring (bicyclic) bond motifs is 2. The number of anilines is 1. The summed E-state index contributed by atoms with van der Waals surface area (Å²) in [6, 6.07) is 14.2. The summed E-state index contributed by atoms with van der Waals surface area (Å²) in [6.07, 6.45) is 31.2. The third kappa shape index (κ3) is 25.7. The lowest BCUT2D eigenvalue weighted by Crippen LogP contribution is -2.31. The van der Waals surface area contributed by atoms with E-state index in [-0.39, 0.29) is 18.4 Å². The number of esters is 2. The van der Waals surface area contributed by atoms with Gasteiger partial charge in [0.2, 0.25) is 15.4 Å². The summed E-state index contributed by atoms with van der Waals surface area (Å²) in [5.74, 6) is -0.734. The van der Waals surface area contributed by atoms with E-state index in [9.17, 15) is 40.4 Å². The number of nitrogens with one attached hydrogen (secondary N) is 1. The van der Waals surface area contributed by atoms with Gasteiger partial charge in [-0.25, -0.2) is 26.1 Å². The highest BCUT2D eigenvalue weighted by Gasteiger charge is 2.26. The predicted molar refractivity (Wildman–Crippen MR) is 332 cm³/mol. The van der Waals surface area contributed by atoms with Crippen LogP contribution in [0.1, 0.15) is 196 Å². The number of hydrogen-bond donors (Lipinski definition) is 1. The first kappa shape index (κ1) is 71.8. The summed E-state index contributed by atoms with van der Waals surface area (Å²) in [5, 5.41) is 1.35. The largest absolute Gasteiger partial charge is 0.756 e. The first-order chi connectivity index (χ1) is 40.4. The Hall–Kier alpha value is -4.72. The van der Waals surface area contributed by atoms with Gasteiger partial charge in [0, 0.05) is 72.4 Å². The monoisotopic (exact) mass is 1230 g/mol. The van der Waals surface area contributed by atoms with Gasteiger partial charge in [0.15, 0.2) is 6.10 Å². The van der Waals surface area contributed by atoms with Gasteiger partial charge in [0.05, 0.1) is 29.1 Å². The molecule has 2 aromatic carbocycles. The fourth-order valence-electron chi connectivity index (χ4n) is 10.0. The van der Waals surface area contributed by atoms with Gasteiger partial charge in [-0.05, 0) is 122 Å². The first-order valence-corrected chi connectivity index (χ1v) is 35.5. The minimum absolute atomic E-state index is 0.0441. The average molecular weight is 1230 g/mol. The maximum absolute atomic E-state index is 13.7. The number of sulfonamides is 1. The van der Waals surface area contributed by atoms with Gasteiger partial charge in [-0.15, -0.1) is 0 Å². The molecule has 1 N–H and O–H groups in total. The number of allylic oxidation sites excluding steroid dienone is 4. The Bertz CT molecular complexity index is 2990. The summed E-state index contributed by atoms with van der Waals surface area (Å²) in [4.78, 5) is 39.5. The Morgan fingerprint density at radius 3 is 1.76 bits per heavy atom. The van der Waals surface area contributed by atoms with Crippen molar-refractivity contribution in [1.29, 1.82) is 0 Å². The average Bonchev–Trinajstić information content (AvgIpc) is 1.60. The van der Waals surface area contributed by atoms with E-state index in [0.717, 1.165) is 74.5 Å². The fourth-order valence-corrected chi connectivity index (χ4v) is 12.6. The maximum Gasteiger partial charge on any atom is 0.306 e. The standard InChI is InChI=1S/C64H98N3O14PS2/c1-7-13-15-17-19-21-23-25-27-29-31-33-35-37-62(68)77-50-54(80-63(69)38-36-34-32-30-28-26-24-22-20-18-16-14-8-2)51-79-82(70,71)78-46-45-65-83(72,73)55-41-44-58(61(49-55)84(74,75)76)64-56-42-39-52(66(9-3)10-4)47-59(56)81-60-48-53(40-43-57(60)64)67(11-5)12-6/h25-28,39-44,47-49,54,65H,7-24,29-38,45-46,50-51H2,1-6H3,(H-,70,71,74,75,76)/p-1/b27-25+,28-26+/t54-/m0/s1. The minimum atomic E-state index is -5.34. The van der Waals surface area contributed by atoms with E-state index in [4.69, 9.17) is 22.9 Å². The topological polar surface area (TPSA) is 234 Å². The van der Waals surface area contributed by atoms with Crippen molar-refractivity contribution in [3.8, 4) is 22.5 Å². The SMILES string of the molecule is CCCCCCCC/C=C/CCCCCC(=O)OC[C@@H](COP(=O)([O-])OCCNS(=O)(=O)c1ccc(-c2c3ccc(=[N+](CC)CC)cc-3oc3cc(N(CC)CC)ccc23)c(S(=O)(=O)[O-])c1)OC(=O)CCCCC/C=C/CCCCCCCC. The molecule has 1 heterocycles. The van der Waals surface area contributed by atoms with Crippen molar-refractivity contribution in [3.63, 3.8) is 0 Å². The van der Waals surface area contributed by atoms with Gasteiger partial charge in [0.1, 0.15) is 41.2 Å². The Labute approximate surface area is 502 Å². The van der Waals surface area contributed by atoms with Gasteiger partial charge >= 0.3 is 11.9 Å². The number of unbranched alkanes of at least 4 members (excludes halogenated alkanes) is 18. The molecule has 2 aliphatic rings. The molecule has 1 unspecified atom stereocenters. The number of carbonyl (C=O) groups is 2. The molecule has 20 heteroatoms. The smallest absolute Gasteiger partial charge is 0.306 e. The van der Waals surface area contributed by atoms with E-state index in [1.165, 1.54) is 83.1 Å². The number of phosphoric acid groups is 1. The normalized spacial score (nSPS) is 13.3. The van der Waals surface area contributed by atoms with Crippen LogP contribution in [0.3, 0.4) is 0 Å². The Balaban J connectivity index is 1.39. The van der Waals surface area contributed by atoms with E-state index < -0.39 is 82.2 Å². The fraction of sp³-hybridized carbons (Fsp3) is 0.609. The molecule has 4 rings (SSSR count). The van der Waals surface area contributed by atoms with Crippen LogP contribution < -0.4 is 24.4 Å². The number of ether oxygens (including phenoxy) is 2. The van der Waals surface area contributed by atoms with E-state index in [1.807, 2.05) is 52.0 Å². The molecule has 1 aliphatic heterocycles. The molecule has 0 saturated heterocycles. The van der Waals surface area contributed by atoms with E-state index in [0.29, 0.717) is 66.9 Å². The molecule has 0 amide bonds. The molecule has 0 saturated carbocycles. The Kier molecular flexibility index (Phi) is 33.4. The summed E-state index contributed by atoms with van der Waals surface area (Å²) in [7, 11) is -15.1. The van der Waals surface area contributed by atoms with Crippen LogP contribution in [-0.4, -0.2) is 92.0 Å². The molecule has 0 bridgehead atoms. The molecule has 0 fully saturated rings. The molecular weight excluding hydrogens is 1130 g/mol. The second-order valence-corrected chi connectivity index (χ2v) is 25.8. The summed E-state index contributed by atoms with van der Waals surface area (Å²) < 4.78 is 112. The highest BCUT2D eigenvalue weighted by molar-refractivity contribution is 7.89. The van der Waals surface area contributed by atoms with Crippen molar-refractivity contribution in [2.45, 2.75) is 212 Å². The highest BCUT2D eigenvalue weighted by Crippen LogP contribution is 2.44. The Morgan fingerprint density at radius 2 is 1.20 bits per heavy atom. The van der Waals surface area contributed by atoms with Gasteiger partial charge in [-0.1, -0.05) is 121 Å². The van der Waals surface area contributed by atoms with E-state index in [2.05, 4.69) is 52.3 Å². The molecular formula is C64H97N3O14PS2-. The minimum Gasteiger partial charge on any atom is -0.756 e. The third-order valence-corrected chi connectivity index (χ3v) is 18.1. The van der Waals surface area contributed by atoms with Crippen molar-refractivity contribution in [2.24, 2.45) is 0 Å². The molecule has 2 atom stereocenters. The maximum atomic E-state index is 13.7. The number of phosphoric ester groups is 1. The molecule has 84 heavy (non-hydrogen) atoms. The lowest BCUT2D eigenvalue weighted by Gasteiger charge is -2.25. The summed E-state index contributed by atoms with van der Waals surface area (Å²) >= 11 is 0. The Morgan fingerprint density at radius 1 is 0.655 bits per heavy atom. The summed E-state index contributed by atoms with van der Waals surface area (Å²) in [5.41, 5.74) is 2.07. The number of rotatable bonds is 45. The van der Waals surface area contributed by atoms with Crippen molar-refractivity contribution in [3.05, 3.63) is 84.3 Å². The van der Waals surface area contributed by atoms with Crippen LogP contribution in [0.4, 0.5) is 5.69 Å².